The van der Waals surface area contributed by atoms with Crippen LogP contribution in [-0.4, -0.2) is 47.8 Å². The minimum absolute atomic E-state index is 0.0548. The second-order valence-electron chi connectivity index (χ2n) is 4.00. The van der Waals surface area contributed by atoms with Crippen LogP contribution in [0.2, 0.25) is 0 Å². The predicted octanol–water partition coefficient (Wildman–Crippen LogP) is 0.795. The van der Waals surface area contributed by atoms with Gasteiger partial charge in [-0.2, -0.15) is 0 Å². The molecule has 96 valence electrons. The Hall–Kier alpha value is -1.53. The largest absolute Gasteiger partial charge is 0.395 e. The maximum Gasteiger partial charge on any atom is 0.253 e. The highest BCUT2D eigenvalue weighted by Gasteiger charge is 2.18. The molecule has 1 aliphatic heterocycles. The predicted molar refractivity (Wildman–Crippen MR) is 69.8 cm³/mol. The number of hydrogen-bond acceptors (Lipinski definition) is 4. The van der Waals surface area contributed by atoms with Crippen molar-refractivity contribution in [3.63, 3.8) is 0 Å². The van der Waals surface area contributed by atoms with Gasteiger partial charge in [0.2, 0.25) is 5.91 Å². The first-order valence-electron chi connectivity index (χ1n) is 5.55. The lowest BCUT2D eigenvalue weighted by Crippen LogP contribution is -2.29. The quantitative estimate of drug-likeness (QED) is 0.849. The van der Waals surface area contributed by atoms with Gasteiger partial charge in [-0.25, -0.2) is 0 Å². The molecule has 1 aromatic rings. The van der Waals surface area contributed by atoms with Crippen LogP contribution < -0.4 is 5.32 Å². The topological polar surface area (TPSA) is 69.6 Å². The number of aliphatic hydroxyl groups is 1. The molecule has 1 aliphatic rings. The van der Waals surface area contributed by atoms with Crippen LogP contribution in [0.5, 0.6) is 0 Å². The number of carbonyl (C=O) groups is 2. The molecule has 0 fully saturated rings. The summed E-state index contributed by atoms with van der Waals surface area (Å²) < 4.78 is 0. The number of carbonyl (C=O) groups excluding carboxylic acids is 2. The van der Waals surface area contributed by atoms with Crippen LogP contribution in [0.25, 0.3) is 0 Å². The number of hydrogen-bond donors (Lipinski definition) is 2. The Morgan fingerprint density at radius 3 is 3.06 bits per heavy atom. The number of benzene rings is 1. The summed E-state index contributed by atoms with van der Waals surface area (Å²) in [5.41, 5.74) is 1.19. The fourth-order valence-electron chi connectivity index (χ4n) is 1.69. The molecule has 2 rings (SSSR count). The molecule has 1 heterocycles. The number of aliphatic hydroxyl groups excluding tert-OH is 1. The highest BCUT2D eigenvalue weighted by Crippen LogP contribution is 2.32. The van der Waals surface area contributed by atoms with Crippen molar-refractivity contribution in [2.45, 2.75) is 4.90 Å². The van der Waals surface area contributed by atoms with Crippen LogP contribution in [0, 0.1) is 0 Å². The van der Waals surface area contributed by atoms with Crippen LogP contribution >= 0.6 is 11.8 Å². The normalized spacial score (nSPS) is 13.8. The Bertz CT molecular complexity index is 490. The van der Waals surface area contributed by atoms with Gasteiger partial charge in [0.1, 0.15) is 0 Å². The lowest BCUT2D eigenvalue weighted by molar-refractivity contribution is -0.113. The molecule has 0 spiro atoms. The van der Waals surface area contributed by atoms with E-state index in [1.807, 2.05) is 6.07 Å². The van der Waals surface area contributed by atoms with Gasteiger partial charge < -0.3 is 15.3 Å². The van der Waals surface area contributed by atoms with E-state index in [1.54, 1.807) is 19.2 Å². The second-order valence-corrected chi connectivity index (χ2v) is 5.02. The summed E-state index contributed by atoms with van der Waals surface area (Å²) in [4.78, 5) is 25.7. The number of amides is 2. The number of rotatable bonds is 3. The monoisotopic (exact) mass is 266 g/mol. The minimum atomic E-state index is -0.170. The molecular formula is C12H14N2O3S. The van der Waals surface area contributed by atoms with Gasteiger partial charge in [0.05, 0.1) is 18.0 Å². The minimum Gasteiger partial charge on any atom is -0.395 e. The molecule has 2 amide bonds. The number of nitrogens with zero attached hydrogens (tertiary/aromatic N) is 1. The van der Waals surface area contributed by atoms with E-state index in [9.17, 15) is 9.59 Å². The molecule has 0 saturated heterocycles. The van der Waals surface area contributed by atoms with E-state index in [-0.39, 0.29) is 25.0 Å². The molecule has 2 N–H and O–H groups in total. The first-order valence-corrected chi connectivity index (χ1v) is 6.53. The highest BCUT2D eigenvalue weighted by atomic mass is 32.2. The maximum atomic E-state index is 12.0. The number of likely N-dealkylation sites (N-methyl/N-ethyl adjacent to an activating group) is 1. The molecule has 0 aromatic heterocycles. The molecule has 1 aromatic carbocycles. The SMILES string of the molecule is CN(CCO)C(=O)c1ccc2c(c1)NC(=O)CS2. The van der Waals surface area contributed by atoms with Crippen molar-refractivity contribution in [3.8, 4) is 0 Å². The first-order chi connectivity index (χ1) is 8.61. The average Bonchev–Trinajstić information content (AvgIpc) is 2.37. The first kappa shape index (κ1) is 12.9. The van der Waals surface area contributed by atoms with Crippen LogP contribution in [0.3, 0.4) is 0 Å². The van der Waals surface area contributed by atoms with Crippen LogP contribution in [-0.2, 0) is 4.79 Å². The molecule has 0 bridgehead atoms. The third-order valence-corrected chi connectivity index (χ3v) is 3.72. The Morgan fingerprint density at radius 2 is 2.33 bits per heavy atom. The number of thioether (sulfide) groups is 1. The second kappa shape index (κ2) is 5.41. The van der Waals surface area contributed by atoms with E-state index in [0.717, 1.165) is 4.90 Å². The van der Waals surface area contributed by atoms with E-state index < -0.39 is 0 Å². The summed E-state index contributed by atoms with van der Waals surface area (Å²) in [5.74, 6) is 0.183. The molecule has 0 radical (unpaired) electrons. The Balaban J connectivity index is 2.22. The third kappa shape index (κ3) is 2.65. The Labute approximate surface area is 109 Å². The molecule has 0 unspecified atom stereocenters. The van der Waals surface area contributed by atoms with Gasteiger partial charge in [-0.05, 0) is 18.2 Å². The lowest BCUT2D eigenvalue weighted by Gasteiger charge is -2.19. The molecule has 0 atom stereocenters. The van der Waals surface area contributed by atoms with Crippen LogP contribution in [0.15, 0.2) is 23.1 Å². The maximum absolute atomic E-state index is 12.0. The van der Waals surface area contributed by atoms with Gasteiger partial charge in [-0.3, -0.25) is 9.59 Å². The Kier molecular flexibility index (Phi) is 3.88. The Morgan fingerprint density at radius 1 is 1.56 bits per heavy atom. The summed E-state index contributed by atoms with van der Waals surface area (Å²) >= 11 is 1.46. The summed E-state index contributed by atoms with van der Waals surface area (Å²) in [6.45, 7) is 0.219. The van der Waals surface area contributed by atoms with Gasteiger partial charge in [0.25, 0.3) is 5.91 Å². The summed E-state index contributed by atoms with van der Waals surface area (Å²) in [6, 6.07) is 5.24. The van der Waals surface area contributed by atoms with Gasteiger partial charge in [0, 0.05) is 24.1 Å². The van der Waals surface area contributed by atoms with E-state index in [2.05, 4.69) is 5.32 Å². The van der Waals surface area contributed by atoms with Gasteiger partial charge in [-0.15, -0.1) is 11.8 Å². The van der Waals surface area contributed by atoms with Crippen LogP contribution in [0.1, 0.15) is 10.4 Å². The zero-order chi connectivity index (χ0) is 13.1. The van der Waals surface area contributed by atoms with E-state index >= 15 is 0 Å². The number of nitrogens with one attached hydrogen (secondary N) is 1. The number of anilines is 1. The summed E-state index contributed by atoms with van der Waals surface area (Å²) in [5, 5.41) is 11.6. The standard InChI is InChI=1S/C12H14N2O3S/c1-14(4-5-15)12(17)8-2-3-10-9(6-8)13-11(16)7-18-10/h2-3,6,15H,4-5,7H2,1H3,(H,13,16). The summed E-state index contributed by atoms with van der Waals surface area (Å²) in [7, 11) is 1.63. The van der Waals surface area contributed by atoms with Crippen molar-refractivity contribution in [3.05, 3.63) is 23.8 Å². The fraction of sp³-hybridized carbons (Fsp3) is 0.333. The number of fused-ring (bicyclic) bond motifs is 1. The van der Waals surface area contributed by atoms with Crippen LogP contribution in [0.4, 0.5) is 5.69 Å². The van der Waals surface area contributed by atoms with Crippen molar-refractivity contribution in [2.24, 2.45) is 0 Å². The molecule has 0 saturated carbocycles. The third-order valence-electron chi connectivity index (χ3n) is 2.64. The van der Waals surface area contributed by atoms with Gasteiger partial charge >= 0.3 is 0 Å². The average molecular weight is 266 g/mol. The van der Waals surface area contributed by atoms with E-state index in [4.69, 9.17) is 5.11 Å². The summed E-state index contributed by atoms with van der Waals surface area (Å²) in [6.07, 6.45) is 0. The van der Waals surface area contributed by atoms with Gasteiger partial charge in [-0.1, -0.05) is 0 Å². The zero-order valence-corrected chi connectivity index (χ0v) is 10.8. The molecule has 6 heteroatoms. The molecule has 18 heavy (non-hydrogen) atoms. The van der Waals surface area contributed by atoms with Crippen molar-refractivity contribution >= 4 is 29.3 Å². The van der Waals surface area contributed by atoms with Crippen molar-refractivity contribution in [1.82, 2.24) is 4.90 Å². The van der Waals surface area contributed by atoms with Gasteiger partial charge in [0.15, 0.2) is 0 Å². The smallest absolute Gasteiger partial charge is 0.253 e. The molecular weight excluding hydrogens is 252 g/mol. The molecule has 0 aliphatic carbocycles. The van der Waals surface area contributed by atoms with E-state index in [1.165, 1.54) is 16.7 Å². The van der Waals surface area contributed by atoms with Crippen molar-refractivity contribution < 1.29 is 14.7 Å². The highest BCUT2D eigenvalue weighted by molar-refractivity contribution is 8.00. The lowest BCUT2D eigenvalue weighted by atomic mass is 10.1. The van der Waals surface area contributed by atoms with E-state index in [0.29, 0.717) is 17.0 Å². The molecule has 5 nitrogen and oxygen atoms in total. The fourth-order valence-corrected chi connectivity index (χ4v) is 2.48. The van der Waals surface area contributed by atoms with Crippen molar-refractivity contribution in [2.75, 3.05) is 31.3 Å². The van der Waals surface area contributed by atoms with Crippen molar-refractivity contribution in [1.29, 1.82) is 0 Å². The zero-order valence-electron chi connectivity index (χ0n) is 9.97.